The topological polar surface area (TPSA) is 48.9 Å². The van der Waals surface area contributed by atoms with Gasteiger partial charge in [-0.3, -0.25) is 4.99 Å². The van der Waals surface area contributed by atoms with Gasteiger partial charge in [0.15, 0.2) is 5.96 Å². The highest BCUT2D eigenvalue weighted by Crippen LogP contribution is 2.16. The second-order valence-electron chi connectivity index (χ2n) is 5.40. The number of aliphatic imine (C=N–C) groups is 1. The molecule has 2 N–H and O–H groups in total. The van der Waals surface area contributed by atoms with Crippen LogP contribution in [-0.4, -0.2) is 51.2 Å². The summed E-state index contributed by atoms with van der Waals surface area (Å²) in [6, 6.07) is 8.63. The summed E-state index contributed by atoms with van der Waals surface area (Å²) in [6.07, 6.45) is 2.54. The van der Waals surface area contributed by atoms with E-state index in [1.165, 1.54) is 19.4 Å². The van der Waals surface area contributed by atoms with Crippen molar-refractivity contribution < 1.29 is 4.74 Å². The van der Waals surface area contributed by atoms with Gasteiger partial charge in [-0.15, -0.1) is 24.0 Å². The number of halogens is 1. The van der Waals surface area contributed by atoms with Crippen LogP contribution in [0.1, 0.15) is 18.4 Å². The summed E-state index contributed by atoms with van der Waals surface area (Å²) in [6.45, 7) is 2.83. The number of benzene rings is 1. The van der Waals surface area contributed by atoms with Gasteiger partial charge in [-0.2, -0.15) is 0 Å². The van der Waals surface area contributed by atoms with Crippen molar-refractivity contribution in [3.8, 4) is 5.75 Å². The highest BCUT2D eigenvalue weighted by Gasteiger charge is 2.20. The second-order valence-corrected chi connectivity index (χ2v) is 5.40. The van der Waals surface area contributed by atoms with Gasteiger partial charge in [0.25, 0.3) is 0 Å². The SMILES string of the molecule is CN=C(NCc1ccccc1OC)NCC1CCCN1C.I. The number of methoxy groups -OCH3 is 1. The summed E-state index contributed by atoms with van der Waals surface area (Å²) in [5.74, 6) is 1.73. The van der Waals surface area contributed by atoms with Crippen LogP contribution < -0.4 is 15.4 Å². The third kappa shape index (κ3) is 5.31. The maximum Gasteiger partial charge on any atom is 0.191 e. The van der Waals surface area contributed by atoms with Gasteiger partial charge >= 0.3 is 0 Å². The first-order valence-electron chi connectivity index (χ1n) is 7.51. The van der Waals surface area contributed by atoms with E-state index in [0.717, 1.165) is 23.8 Å². The first-order chi connectivity index (χ1) is 10.2. The minimum absolute atomic E-state index is 0. The Morgan fingerprint density at radius 2 is 2.14 bits per heavy atom. The van der Waals surface area contributed by atoms with Gasteiger partial charge in [0, 0.05) is 31.7 Å². The zero-order valence-corrected chi connectivity index (χ0v) is 16.0. The van der Waals surface area contributed by atoms with Crippen molar-refractivity contribution in [3.63, 3.8) is 0 Å². The molecule has 1 aromatic carbocycles. The number of likely N-dealkylation sites (N-methyl/N-ethyl adjacent to an activating group) is 1. The Hall–Kier alpha value is -1.02. The molecule has 0 aromatic heterocycles. The maximum absolute atomic E-state index is 5.36. The van der Waals surface area contributed by atoms with Crippen LogP contribution in [0.25, 0.3) is 0 Å². The van der Waals surface area contributed by atoms with E-state index in [-0.39, 0.29) is 24.0 Å². The number of nitrogens with zero attached hydrogens (tertiary/aromatic N) is 2. The second kappa shape index (κ2) is 9.89. The van der Waals surface area contributed by atoms with Crippen molar-refractivity contribution in [2.24, 2.45) is 4.99 Å². The lowest BCUT2D eigenvalue weighted by Gasteiger charge is -2.21. The van der Waals surface area contributed by atoms with Crippen molar-refractivity contribution >= 4 is 29.9 Å². The molecule has 0 spiro atoms. The van der Waals surface area contributed by atoms with E-state index < -0.39 is 0 Å². The lowest BCUT2D eigenvalue weighted by molar-refractivity contribution is 0.309. The fourth-order valence-corrected chi connectivity index (χ4v) is 2.70. The van der Waals surface area contributed by atoms with E-state index in [4.69, 9.17) is 4.74 Å². The molecule has 22 heavy (non-hydrogen) atoms. The standard InChI is InChI=1S/C16H26N4O.HI/c1-17-16(19-12-14-8-6-10-20(14)2)18-11-13-7-4-5-9-15(13)21-3;/h4-5,7,9,14H,6,8,10-12H2,1-3H3,(H2,17,18,19);1H. The van der Waals surface area contributed by atoms with Crippen LogP contribution in [0.3, 0.4) is 0 Å². The number of rotatable bonds is 5. The molecular formula is C16H27IN4O. The van der Waals surface area contributed by atoms with E-state index >= 15 is 0 Å². The van der Waals surface area contributed by atoms with Crippen molar-refractivity contribution in [2.75, 3.05) is 34.3 Å². The fraction of sp³-hybridized carbons (Fsp3) is 0.562. The van der Waals surface area contributed by atoms with Gasteiger partial charge in [0.2, 0.25) is 0 Å². The first-order valence-corrected chi connectivity index (χ1v) is 7.51. The number of hydrogen-bond acceptors (Lipinski definition) is 3. The Balaban J connectivity index is 0.00000242. The molecule has 1 saturated heterocycles. The predicted octanol–water partition coefficient (Wildman–Crippen LogP) is 2.07. The van der Waals surface area contributed by atoms with Gasteiger partial charge in [0.05, 0.1) is 7.11 Å². The average Bonchev–Trinajstić information content (AvgIpc) is 2.93. The lowest BCUT2D eigenvalue weighted by atomic mass is 10.2. The molecule has 1 unspecified atom stereocenters. The molecule has 0 saturated carbocycles. The minimum Gasteiger partial charge on any atom is -0.496 e. The zero-order valence-electron chi connectivity index (χ0n) is 13.6. The van der Waals surface area contributed by atoms with Gasteiger partial charge in [-0.05, 0) is 32.5 Å². The molecule has 1 heterocycles. The van der Waals surface area contributed by atoms with Crippen molar-refractivity contribution in [1.29, 1.82) is 0 Å². The molecular weight excluding hydrogens is 391 g/mol. The molecule has 2 rings (SSSR count). The van der Waals surface area contributed by atoms with E-state index in [2.05, 4.69) is 33.6 Å². The highest BCUT2D eigenvalue weighted by molar-refractivity contribution is 14.0. The molecule has 0 amide bonds. The number of ether oxygens (including phenoxy) is 1. The Morgan fingerprint density at radius 1 is 1.36 bits per heavy atom. The maximum atomic E-state index is 5.36. The third-order valence-electron chi connectivity index (χ3n) is 4.04. The van der Waals surface area contributed by atoms with Crippen LogP contribution in [0.5, 0.6) is 5.75 Å². The average molecular weight is 418 g/mol. The normalized spacial score (nSPS) is 18.7. The molecule has 1 fully saturated rings. The molecule has 0 radical (unpaired) electrons. The predicted molar refractivity (Wildman–Crippen MR) is 102 cm³/mol. The van der Waals surface area contributed by atoms with Crippen molar-refractivity contribution in [3.05, 3.63) is 29.8 Å². The fourth-order valence-electron chi connectivity index (χ4n) is 2.70. The molecule has 1 aromatic rings. The molecule has 124 valence electrons. The third-order valence-corrected chi connectivity index (χ3v) is 4.04. The van der Waals surface area contributed by atoms with Crippen molar-refractivity contribution in [1.82, 2.24) is 15.5 Å². The molecule has 6 heteroatoms. The van der Waals surface area contributed by atoms with Gasteiger partial charge in [0.1, 0.15) is 5.75 Å². The van der Waals surface area contributed by atoms with E-state index in [0.29, 0.717) is 12.6 Å². The molecule has 1 atom stereocenters. The monoisotopic (exact) mass is 418 g/mol. The van der Waals surface area contributed by atoms with Gasteiger partial charge < -0.3 is 20.3 Å². The lowest BCUT2D eigenvalue weighted by Crippen LogP contribution is -2.43. The van der Waals surface area contributed by atoms with E-state index in [1.807, 2.05) is 18.2 Å². The van der Waals surface area contributed by atoms with Crippen molar-refractivity contribution in [2.45, 2.75) is 25.4 Å². The number of guanidine groups is 1. The summed E-state index contributed by atoms with van der Waals surface area (Å²) in [5, 5.41) is 6.75. The zero-order chi connectivity index (χ0) is 15.1. The van der Waals surface area contributed by atoms with Crippen LogP contribution >= 0.6 is 24.0 Å². The minimum atomic E-state index is 0. The molecule has 5 nitrogen and oxygen atoms in total. The van der Waals surface area contributed by atoms with Gasteiger partial charge in [-0.1, -0.05) is 18.2 Å². The van der Waals surface area contributed by atoms with Crippen LogP contribution in [0.15, 0.2) is 29.3 Å². The quantitative estimate of drug-likeness (QED) is 0.437. The van der Waals surface area contributed by atoms with Gasteiger partial charge in [-0.25, -0.2) is 0 Å². The number of nitrogens with one attached hydrogen (secondary N) is 2. The summed E-state index contributed by atoms with van der Waals surface area (Å²) in [7, 11) is 5.68. The largest absolute Gasteiger partial charge is 0.496 e. The van der Waals surface area contributed by atoms with Crippen LogP contribution in [-0.2, 0) is 6.54 Å². The number of likely N-dealkylation sites (tertiary alicyclic amines) is 1. The summed E-state index contributed by atoms with van der Waals surface area (Å²) >= 11 is 0. The van der Waals surface area contributed by atoms with Crippen LogP contribution in [0.4, 0.5) is 0 Å². The van der Waals surface area contributed by atoms with E-state index in [9.17, 15) is 0 Å². The summed E-state index contributed by atoms with van der Waals surface area (Å²) in [4.78, 5) is 6.68. The molecule has 0 aliphatic carbocycles. The molecule has 0 bridgehead atoms. The summed E-state index contributed by atoms with van der Waals surface area (Å²) < 4.78 is 5.36. The van der Waals surface area contributed by atoms with E-state index in [1.54, 1.807) is 14.2 Å². The Kier molecular flexibility index (Phi) is 8.55. The Labute approximate surface area is 150 Å². The smallest absolute Gasteiger partial charge is 0.191 e. The molecule has 1 aliphatic heterocycles. The Morgan fingerprint density at radius 3 is 2.77 bits per heavy atom. The highest BCUT2D eigenvalue weighted by atomic mass is 127. The molecule has 1 aliphatic rings. The first kappa shape index (κ1) is 19.0. The Bertz CT molecular complexity index is 481. The number of para-hydroxylation sites is 1. The van der Waals surface area contributed by atoms with Crippen LogP contribution in [0, 0.1) is 0 Å². The number of hydrogen-bond donors (Lipinski definition) is 2. The van der Waals surface area contributed by atoms with Crippen LogP contribution in [0.2, 0.25) is 0 Å². The summed E-state index contributed by atoms with van der Waals surface area (Å²) in [5.41, 5.74) is 1.13.